The summed E-state index contributed by atoms with van der Waals surface area (Å²) in [6, 6.07) is 1.22. The molecule has 1 aromatic rings. The molecular formula is C8H4ClF2NO5. The molecule has 9 heteroatoms. The van der Waals surface area contributed by atoms with Gasteiger partial charge in [0, 0.05) is 12.1 Å². The van der Waals surface area contributed by atoms with E-state index in [4.69, 9.17) is 16.7 Å². The highest BCUT2D eigenvalue weighted by Gasteiger charge is 2.23. The monoisotopic (exact) mass is 267 g/mol. The van der Waals surface area contributed by atoms with E-state index in [1.807, 2.05) is 0 Å². The van der Waals surface area contributed by atoms with Gasteiger partial charge in [0.05, 0.1) is 15.5 Å². The van der Waals surface area contributed by atoms with Crippen molar-refractivity contribution in [1.29, 1.82) is 0 Å². The molecule has 1 aromatic carbocycles. The van der Waals surface area contributed by atoms with Crippen molar-refractivity contribution < 1.29 is 28.3 Å². The smallest absolute Gasteiger partial charge is 0.387 e. The number of nitro benzene ring substituents is 1. The molecule has 0 amide bonds. The summed E-state index contributed by atoms with van der Waals surface area (Å²) in [7, 11) is 0. The summed E-state index contributed by atoms with van der Waals surface area (Å²) in [5.74, 6) is -2.36. The van der Waals surface area contributed by atoms with Gasteiger partial charge in [-0.3, -0.25) is 10.1 Å². The van der Waals surface area contributed by atoms with Crippen molar-refractivity contribution in [3.63, 3.8) is 0 Å². The lowest BCUT2D eigenvalue weighted by Gasteiger charge is -2.07. The molecule has 0 saturated carbocycles. The van der Waals surface area contributed by atoms with Crippen LogP contribution in [0.15, 0.2) is 12.1 Å². The standard InChI is InChI=1S/C8H4ClF2NO5/c9-4-2-5(12(15)16)6(17-8(10)11)1-3(4)7(13)14/h1-2,8H,(H,13,14). The second-order valence-corrected chi connectivity index (χ2v) is 3.15. The SMILES string of the molecule is O=C(O)c1cc(OC(F)F)c([N+](=O)[O-])cc1Cl. The first-order chi connectivity index (χ1) is 7.82. The highest BCUT2D eigenvalue weighted by atomic mass is 35.5. The first kappa shape index (κ1) is 13.1. The van der Waals surface area contributed by atoms with E-state index in [2.05, 4.69) is 4.74 Å². The first-order valence-corrected chi connectivity index (χ1v) is 4.36. The maximum Gasteiger partial charge on any atom is 0.387 e. The van der Waals surface area contributed by atoms with Crippen LogP contribution in [0.5, 0.6) is 5.75 Å². The number of aromatic carboxylic acids is 1. The Morgan fingerprint density at radius 2 is 2.12 bits per heavy atom. The number of ether oxygens (including phenoxy) is 1. The maximum absolute atomic E-state index is 12.0. The molecule has 0 spiro atoms. The van der Waals surface area contributed by atoms with Crippen molar-refractivity contribution in [2.45, 2.75) is 6.61 Å². The van der Waals surface area contributed by atoms with E-state index in [0.717, 1.165) is 0 Å². The molecule has 0 atom stereocenters. The number of hydrogen-bond acceptors (Lipinski definition) is 4. The lowest BCUT2D eigenvalue weighted by Crippen LogP contribution is -2.07. The summed E-state index contributed by atoms with van der Waals surface area (Å²) in [5.41, 5.74) is -1.40. The zero-order valence-electron chi connectivity index (χ0n) is 7.89. The van der Waals surface area contributed by atoms with E-state index in [-0.39, 0.29) is 0 Å². The van der Waals surface area contributed by atoms with Gasteiger partial charge in [-0.1, -0.05) is 11.6 Å². The van der Waals surface area contributed by atoms with Gasteiger partial charge in [0.2, 0.25) is 5.75 Å². The van der Waals surface area contributed by atoms with Gasteiger partial charge < -0.3 is 9.84 Å². The summed E-state index contributed by atoms with van der Waals surface area (Å²) in [6.45, 7) is -3.31. The number of nitro groups is 1. The quantitative estimate of drug-likeness (QED) is 0.669. The summed E-state index contributed by atoms with van der Waals surface area (Å²) < 4.78 is 27.8. The average molecular weight is 268 g/mol. The molecular weight excluding hydrogens is 264 g/mol. The van der Waals surface area contributed by atoms with Gasteiger partial charge in [-0.15, -0.1) is 0 Å². The Labute approximate surface area is 97.5 Å². The highest BCUT2D eigenvalue weighted by molar-refractivity contribution is 6.33. The number of halogens is 3. The predicted molar refractivity (Wildman–Crippen MR) is 51.7 cm³/mol. The second kappa shape index (κ2) is 4.91. The Morgan fingerprint density at radius 1 is 1.53 bits per heavy atom. The third kappa shape index (κ3) is 3.00. The largest absolute Gasteiger partial charge is 0.478 e. The van der Waals surface area contributed by atoms with Gasteiger partial charge in [-0.25, -0.2) is 4.79 Å². The van der Waals surface area contributed by atoms with Crippen molar-refractivity contribution in [2.75, 3.05) is 0 Å². The van der Waals surface area contributed by atoms with E-state index in [9.17, 15) is 23.7 Å². The van der Waals surface area contributed by atoms with Crippen molar-refractivity contribution >= 4 is 23.3 Å². The van der Waals surface area contributed by atoms with Crippen LogP contribution >= 0.6 is 11.6 Å². The zero-order valence-corrected chi connectivity index (χ0v) is 8.65. The van der Waals surface area contributed by atoms with Crippen molar-refractivity contribution in [2.24, 2.45) is 0 Å². The Hall–Kier alpha value is -1.96. The molecule has 92 valence electrons. The molecule has 0 aliphatic rings. The minimum absolute atomic E-state index is 0.439. The molecule has 0 aliphatic carbocycles. The van der Waals surface area contributed by atoms with E-state index in [0.29, 0.717) is 12.1 Å². The van der Waals surface area contributed by atoms with Crippen molar-refractivity contribution in [1.82, 2.24) is 0 Å². The Kier molecular flexibility index (Phi) is 3.79. The molecule has 0 heterocycles. The van der Waals surface area contributed by atoms with Crippen LogP contribution in [0.4, 0.5) is 14.5 Å². The van der Waals surface area contributed by atoms with Gasteiger partial charge in [0.15, 0.2) is 0 Å². The molecule has 17 heavy (non-hydrogen) atoms. The Bertz CT molecular complexity index is 479. The van der Waals surface area contributed by atoms with Crippen LogP contribution in [0.3, 0.4) is 0 Å². The third-order valence-electron chi connectivity index (χ3n) is 1.69. The lowest BCUT2D eigenvalue weighted by molar-refractivity contribution is -0.386. The van der Waals surface area contributed by atoms with Crippen LogP contribution in [0.1, 0.15) is 10.4 Å². The maximum atomic E-state index is 12.0. The zero-order chi connectivity index (χ0) is 13.2. The fourth-order valence-electron chi connectivity index (χ4n) is 1.04. The molecule has 0 radical (unpaired) electrons. The second-order valence-electron chi connectivity index (χ2n) is 2.74. The van der Waals surface area contributed by atoms with Crippen LogP contribution in [-0.2, 0) is 0 Å². The Morgan fingerprint density at radius 3 is 2.53 bits per heavy atom. The normalized spacial score (nSPS) is 10.4. The Balaban J connectivity index is 3.36. The van der Waals surface area contributed by atoms with Gasteiger partial charge in [-0.2, -0.15) is 8.78 Å². The third-order valence-corrected chi connectivity index (χ3v) is 2.00. The molecule has 0 aliphatic heterocycles. The summed E-state index contributed by atoms with van der Waals surface area (Å²) >= 11 is 5.45. The lowest BCUT2D eigenvalue weighted by atomic mass is 10.2. The first-order valence-electron chi connectivity index (χ1n) is 3.99. The molecule has 0 aromatic heterocycles. The van der Waals surface area contributed by atoms with E-state index < -0.39 is 39.5 Å². The number of hydrogen-bond donors (Lipinski definition) is 1. The molecule has 0 saturated heterocycles. The summed E-state index contributed by atoms with van der Waals surface area (Å²) in [5, 5.41) is 18.7. The predicted octanol–water partition coefficient (Wildman–Crippen LogP) is 2.55. The van der Waals surface area contributed by atoms with E-state index in [1.165, 1.54) is 0 Å². The molecule has 1 rings (SSSR count). The fourth-order valence-corrected chi connectivity index (χ4v) is 1.28. The summed E-state index contributed by atoms with van der Waals surface area (Å²) in [6.07, 6.45) is 0. The van der Waals surface area contributed by atoms with Gasteiger partial charge in [0.1, 0.15) is 0 Å². The molecule has 6 nitrogen and oxygen atoms in total. The number of nitrogens with zero attached hydrogens (tertiary/aromatic N) is 1. The van der Waals surface area contributed by atoms with Crippen LogP contribution in [0.2, 0.25) is 5.02 Å². The van der Waals surface area contributed by atoms with Crippen LogP contribution in [0, 0.1) is 10.1 Å². The number of rotatable bonds is 4. The number of benzene rings is 1. The van der Waals surface area contributed by atoms with Gasteiger partial charge >= 0.3 is 18.3 Å². The molecule has 0 unspecified atom stereocenters. The molecule has 1 N–H and O–H groups in total. The minimum atomic E-state index is -3.31. The van der Waals surface area contributed by atoms with Crippen molar-refractivity contribution in [3.05, 3.63) is 32.8 Å². The number of carbonyl (C=O) groups is 1. The van der Waals surface area contributed by atoms with Crippen LogP contribution < -0.4 is 4.74 Å². The topological polar surface area (TPSA) is 89.7 Å². The average Bonchev–Trinajstić information content (AvgIpc) is 2.18. The van der Waals surface area contributed by atoms with Crippen molar-refractivity contribution in [3.8, 4) is 5.75 Å². The molecule has 0 fully saturated rings. The van der Waals surface area contributed by atoms with E-state index in [1.54, 1.807) is 0 Å². The number of carboxylic acid groups (broad SMARTS) is 1. The van der Waals surface area contributed by atoms with Crippen LogP contribution in [0.25, 0.3) is 0 Å². The fraction of sp³-hybridized carbons (Fsp3) is 0.125. The number of alkyl halides is 2. The highest BCUT2D eigenvalue weighted by Crippen LogP contribution is 2.34. The summed E-state index contributed by atoms with van der Waals surface area (Å²) in [4.78, 5) is 20.2. The number of carboxylic acids is 1. The van der Waals surface area contributed by atoms with Gasteiger partial charge in [-0.05, 0) is 0 Å². The minimum Gasteiger partial charge on any atom is -0.478 e. The molecule has 0 bridgehead atoms. The van der Waals surface area contributed by atoms with Crippen LogP contribution in [-0.4, -0.2) is 22.6 Å². The van der Waals surface area contributed by atoms with E-state index >= 15 is 0 Å². The van der Waals surface area contributed by atoms with Gasteiger partial charge in [0.25, 0.3) is 0 Å².